The van der Waals surface area contributed by atoms with Gasteiger partial charge in [-0.25, -0.2) is 0 Å². The Hall–Kier alpha value is -2.34. The lowest BCUT2D eigenvalue weighted by atomic mass is 9.59. The smallest absolute Gasteiger partial charge is 0.246 e. The van der Waals surface area contributed by atoms with Crippen molar-refractivity contribution in [3.05, 3.63) is 36.0 Å². The zero-order chi connectivity index (χ0) is 18.9. The van der Waals surface area contributed by atoms with E-state index < -0.39 is 0 Å². The summed E-state index contributed by atoms with van der Waals surface area (Å²) in [4.78, 5) is 29.8. The van der Waals surface area contributed by atoms with Crippen molar-refractivity contribution in [2.45, 2.75) is 38.1 Å². The van der Waals surface area contributed by atoms with E-state index in [9.17, 15) is 9.59 Å². The molecule has 4 rings (SSSR count). The normalized spacial score (nSPS) is 21.2. The molecule has 0 radical (unpaired) electrons. The molecule has 2 aromatic rings. The van der Waals surface area contributed by atoms with Crippen molar-refractivity contribution in [3.63, 3.8) is 0 Å². The number of para-hydroxylation sites is 1. The Morgan fingerprint density at radius 2 is 2.04 bits per heavy atom. The highest BCUT2D eigenvalue weighted by Gasteiger charge is 2.49. The molecule has 6 nitrogen and oxygen atoms in total. The fourth-order valence-electron chi connectivity index (χ4n) is 4.64. The Labute approximate surface area is 159 Å². The third-order valence-electron chi connectivity index (χ3n) is 6.41. The van der Waals surface area contributed by atoms with Gasteiger partial charge in [-0.05, 0) is 42.7 Å². The molecule has 2 heterocycles. The number of hydrogen-bond acceptors (Lipinski definition) is 3. The number of aromatic nitrogens is 1. The van der Waals surface area contributed by atoms with E-state index in [1.807, 2.05) is 29.3 Å². The topological polar surface area (TPSA) is 74.4 Å². The van der Waals surface area contributed by atoms with Crippen LogP contribution in [0.5, 0.6) is 0 Å². The molecular weight excluding hydrogens is 342 g/mol. The molecule has 1 atom stereocenters. The summed E-state index contributed by atoms with van der Waals surface area (Å²) in [5.41, 5.74) is 2.30. The third kappa shape index (κ3) is 3.46. The molecule has 1 aromatic heterocycles. The number of rotatable bonds is 5. The van der Waals surface area contributed by atoms with Crippen molar-refractivity contribution in [3.8, 4) is 0 Å². The van der Waals surface area contributed by atoms with Crippen LogP contribution < -0.4 is 5.32 Å². The summed E-state index contributed by atoms with van der Waals surface area (Å²) in [6.45, 7) is 1.66. The molecule has 2 N–H and O–H groups in total. The molecule has 2 fully saturated rings. The second-order valence-corrected chi connectivity index (χ2v) is 7.87. The van der Waals surface area contributed by atoms with Crippen molar-refractivity contribution in [1.29, 1.82) is 0 Å². The molecule has 1 saturated carbocycles. The summed E-state index contributed by atoms with van der Waals surface area (Å²) in [5.74, 6) is 0.147. The first-order valence-electron chi connectivity index (χ1n) is 9.72. The van der Waals surface area contributed by atoms with Crippen LogP contribution >= 0.6 is 0 Å². The van der Waals surface area contributed by atoms with E-state index in [2.05, 4.69) is 16.4 Å². The standard InChI is InChI=1S/C21H27N3O3/c1-27-14-19(25)23-18-6-7-21(18)8-10-24(11-9-21)20(26)12-15-13-22-17-5-3-2-4-16(15)17/h2-5,13,18,22H,6-12,14H2,1H3,(H,23,25). The van der Waals surface area contributed by atoms with Gasteiger partial charge in [-0.2, -0.15) is 0 Å². The first-order chi connectivity index (χ1) is 13.1. The van der Waals surface area contributed by atoms with E-state index in [0.29, 0.717) is 6.42 Å². The third-order valence-corrected chi connectivity index (χ3v) is 6.41. The summed E-state index contributed by atoms with van der Waals surface area (Å²) in [7, 11) is 1.54. The first-order valence-corrected chi connectivity index (χ1v) is 9.72. The number of benzene rings is 1. The fourth-order valence-corrected chi connectivity index (χ4v) is 4.64. The van der Waals surface area contributed by atoms with Crippen LogP contribution in [0.3, 0.4) is 0 Å². The van der Waals surface area contributed by atoms with Crippen molar-refractivity contribution >= 4 is 22.7 Å². The number of H-pyrrole nitrogens is 1. The lowest BCUT2D eigenvalue weighted by Gasteiger charge is -2.54. The number of carbonyl (C=O) groups is 2. The van der Waals surface area contributed by atoms with Crippen molar-refractivity contribution in [2.24, 2.45) is 5.41 Å². The van der Waals surface area contributed by atoms with Gasteiger partial charge in [-0.3, -0.25) is 9.59 Å². The molecule has 2 amide bonds. The highest BCUT2D eigenvalue weighted by Crippen LogP contribution is 2.49. The average molecular weight is 369 g/mol. The summed E-state index contributed by atoms with van der Waals surface area (Å²) >= 11 is 0. The molecule has 0 bridgehead atoms. The Balaban J connectivity index is 1.34. The van der Waals surface area contributed by atoms with Gasteiger partial charge < -0.3 is 19.9 Å². The van der Waals surface area contributed by atoms with Gasteiger partial charge in [0.15, 0.2) is 0 Å². The molecule has 1 saturated heterocycles. The molecule has 1 unspecified atom stereocenters. The predicted octanol–water partition coefficient (Wildman–Crippen LogP) is 2.24. The monoisotopic (exact) mass is 369 g/mol. The lowest BCUT2D eigenvalue weighted by Crippen LogP contribution is -2.60. The number of amides is 2. The maximum absolute atomic E-state index is 12.8. The molecule has 2 aliphatic rings. The molecule has 144 valence electrons. The predicted molar refractivity (Wildman–Crippen MR) is 103 cm³/mol. The number of nitrogens with zero attached hydrogens (tertiary/aromatic N) is 1. The Morgan fingerprint density at radius 3 is 2.74 bits per heavy atom. The number of ether oxygens (including phenoxy) is 1. The Morgan fingerprint density at radius 1 is 1.26 bits per heavy atom. The zero-order valence-electron chi connectivity index (χ0n) is 15.8. The second-order valence-electron chi connectivity index (χ2n) is 7.87. The maximum atomic E-state index is 12.8. The SMILES string of the molecule is COCC(=O)NC1CCC12CCN(C(=O)Cc1c[nH]c3ccccc13)CC2. The van der Waals surface area contributed by atoms with Crippen LogP contribution in [-0.4, -0.2) is 54.5 Å². The van der Waals surface area contributed by atoms with Gasteiger partial charge in [0.2, 0.25) is 11.8 Å². The number of carbonyl (C=O) groups excluding carboxylic acids is 2. The summed E-state index contributed by atoms with van der Waals surface area (Å²) in [5, 5.41) is 4.23. The van der Waals surface area contributed by atoms with Gasteiger partial charge in [0.05, 0.1) is 6.42 Å². The van der Waals surface area contributed by atoms with Crippen LogP contribution in [0.1, 0.15) is 31.2 Å². The van der Waals surface area contributed by atoms with Crippen LogP contribution in [0.15, 0.2) is 30.5 Å². The zero-order valence-corrected chi connectivity index (χ0v) is 15.8. The number of nitrogens with one attached hydrogen (secondary N) is 2. The Bertz CT molecular complexity index is 836. The van der Waals surface area contributed by atoms with Crippen LogP contribution in [-0.2, 0) is 20.7 Å². The molecular formula is C21H27N3O3. The van der Waals surface area contributed by atoms with Crippen LogP contribution in [0.2, 0.25) is 0 Å². The molecule has 1 aliphatic carbocycles. The van der Waals surface area contributed by atoms with Gasteiger partial charge in [0.25, 0.3) is 0 Å². The van der Waals surface area contributed by atoms with Crippen molar-refractivity contribution in [2.75, 3.05) is 26.8 Å². The molecule has 1 aromatic carbocycles. The van der Waals surface area contributed by atoms with Crippen LogP contribution in [0, 0.1) is 5.41 Å². The van der Waals surface area contributed by atoms with E-state index in [4.69, 9.17) is 4.74 Å². The molecule has 1 aliphatic heterocycles. The summed E-state index contributed by atoms with van der Waals surface area (Å²) < 4.78 is 4.91. The number of likely N-dealkylation sites (tertiary alicyclic amines) is 1. The van der Waals surface area contributed by atoms with Gasteiger partial charge in [0, 0.05) is 43.3 Å². The molecule has 1 spiro atoms. The largest absolute Gasteiger partial charge is 0.375 e. The molecule has 27 heavy (non-hydrogen) atoms. The maximum Gasteiger partial charge on any atom is 0.246 e. The van der Waals surface area contributed by atoms with E-state index in [1.165, 1.54) is 7.11 Å². The van der Waals surface area contributed by atoms with Gasteiger partial charge in [-0.1, -0.05) is 18.2 Å². The number of aromatic amines is 1. The number of hydrogen-bond donors (Lipinski definition) is 2. The quantitative estimate of drug-likeness (QED) is 0.849. The highest BCUT2D eigenvalue weighted by molar-refractivity contribution is 5.89. The lowest BCUT2D eigenvalue weighted by molar-refractivity contribution is -0.137. The van der Waals surface area contributed by atoms with E-state index in [-0.39, 0.29) is 29.9 Å². The van der Waals surface area contributed by atoms with E-state index in [1.54, 1.807) is 0 Å². The number of methoxy groups -OCH3 is 1. The number of piperidine rings is 1. The summed E-state index contributed by atoms with van der Waals surface area (Å²) in [6, 6.07) is 8.31. The highest BCUT2D eigenvalue weighted by atomic mass is 16.5. The van der Waals surface area contributed by atoms with Crippen molar-refractivity contribution < 1.29 is 14.3 Å². The van der Waals surface area contributed by atoms with Crippen LogP contribution in [0.25, 0.3) is 10.9 Å². The van der Waals surface area contributed by atoms with Gasteiger partial charge >= 0.3 is 0 Å². The minimum atomic E-state index is -0.0422. The Kier molecular flexibility index (Phi) is 4.91. The van der Waals surface area contributed by atoms with Gasteiger partial charge in [0.1, 0.15) is 6.61 Å². The fraction of sp³-hybridized carbons (Fsp3) is 0.524. The van der Waals surface area contributed by atoms with E-state index >= 15 is 0 Å². The minimum Gasteiger partial charge on any atom is -0.375 e. The van der Waals surface area contributed by atoms with Crippen LogP contribution in [0.4, 0.5) is 0 Å². The van der Waals surface area contributed by atoms with Crippen molar-refractivity contribution in [1.82, 2.24) is 15.2 Å². The minimum absolute atomic E-state index is 0.0422. The number of fused-ring (bicyclic) bond motifs is 1. The van der Waals surface area contributed by atoms with E-state index in [0.717, 1.165) is 55.2 Å². The summed E-state index contributed by atoms with van der Waals surface area (Å²) in [6.07, 6.45) is 6.47. The average Bonchev–Trinajstić information content (AvgIpc) is 3.08. The first kappa shape index (κ1) is 18.0. The second kappa shape index (κ2) is 7.35. The molecule has 6 heteroatoms. The van der Waals surface area contributed by atoms with Gasteiger partial charge in [-0.15, -0.1) is 0 Å².